The van der Waals surface area contributed by atoms with Gasteiger partial charge in [0.15, 0.2) is 5.69 Å². The van der Waals surface area contributed by atoms with E-state index in [1.807, 2.05) is 16.9 Å². The maximum atomic E-state index is 12.1. The number of hydrogen-bond acceptors (Lipinski definition) is 5. The van der Waals surface area contributed by atoms with Crippen LogP contribution in [0.5, 0.6) is 0 Å². The van der Waals surface area contributed by atoms with Crippen molar-refractivity contribution in [1.82, 2.24) is 30.2 Å². The maximum Gasteiger partial charge on any atom is 0.273 e. The van der Waals surface area contributed by atoms with Crippen LogP contribution in [0.3, 0.4) is 0 Å². The molecule has 2 fully saturated rings. The zero-order chi connectivity index (χ0) is 18.9. The van der Waals surface area contributed by atoms with Crippen molar-refractivity contribution in [3.8, 4) is 0 Å². The van der Waals surface area contributed by atoms with E-state index in [0.29, 0.717) is 17.8 Å². The Bertz CT molecular complexity index is 982. The van der Waals surface area contributed by atoms with Gasteiger partial charge in [-0.2, -0.15) is 0 Å². The number of likely N-dealkylation sites (tertiary alicyclic amines) is 1. The van der Waals surface area contributed by atoms with Gasteiger partial charge in [0.2, 0.25) is 0 Å². The molecule has 1 N–H and O–H groups in total. The Morgan fingerprint density at radius 2 is 1.96 bits per heavy atom. The molecule has 1 amide bonds. The Balaban J connectivity index is 1.20. The fourth-order valence-corrected chi connectivity index (χ4v) is 3.93. The van der Waals surface area contributed by atoms with Gasteiger partial charge in [0.05, 0.1) is 17.8 Å². The lowest BCUT2D eigenvalue weighted by Crippen LogP contribution is -2.34. The summed E-state index contributed by atoms with van der Waals surface area (Å²) in [6.07, 6.45) is 7.81. The Morgan fingerprint density at radius 1 is 1.11 bits per heavy atom. The van der Waals surface area contributed by atoms with Gasteiger partial charge < -0.3 is 5.32 Å². The molecule has 144 valence electrons. The fourth-order valence-electron chi connectivity index (χ4n) is 3.93. The molecule has 1 saturated heterocycles. The number of piperidine rings is 1. The van der Waals surface area contributed by atoms with E-state index in [1.165, 1.54) is 10.9 Å². The van der Waals surface area contributed by atoms with Crippen LogP contribution in [-0.4, -0.2) is 49.9 Å². The first-order valence-electron chi connectivity index (χ1n) is 10.0. The number of carbonyl (C=O) groups is 1. The molecule has 0 atom stereocenters. The van der Waals surface area contributed by atoms with E-state index in [9.17, 15) is 4.79 Å². The number of fused-ring (bicyclic) bond motifs is 1. The summed E-state index contributed by atoms with van der Waals surface area (Å²) in [6.45, 7) is 2.94. The topological polar surface area (TPSA) is 75.9 Å². The minimum Gasteiger partial charge on any atom is -0.348 e. The van der Waals surface area contributed by atoms with Crippen LogP contribution in [0.2, 0.25) is 0 Å². The van der Waals surface area contributed by atoms with Crippen LogP contribution in [0.1, 0.15) is 47.8 Å². The van der Waals surface area contributed by atoms with E-state index >= 15 is 0 Å². The summed E-state index contributed by atoms with van der Waals surface area (Å²) in [5.41, 5.74) is 2.80. The predicted octanol–water partition coefficient (Wildman–Crippen LogP) is 2.56. The molecule has 3 heterocycles. The van der Waals surface area contributed by atoms with E-state index < -0.39 is 0 Å². The SMILES string of the molecule is O=C(NC1CC1)c1cn(C2CCN(Cc3cccc4ncccc34)CC2)nn1. The molecule has 0 unspecified atom stereocenters. The summed E-state index contributed by atoms with van der Waals surface area (Å²) >= 11 is 0. The Hall–Kier alpha value is -2.80. The highest BCUT2D eigenvalue weighted by molar-refractivity contribution is 5.92. The first-order valence-corrected chi connectivity index (χ1v) is 10.0. The van der Waals surface area contributed by atoms with E-state index in [-0.39, 0.29) is 5.91 Å². The number of amides is 1. The third kappa shape index (κ3) is 3.62. The molecule has 1 aromatic carbocycles. The van der Waals surface area contributed by atoms with Crippen LogP contribution in [0.4, 0.5) is 0 Å². The van der Waals surface area contributed by atoms with Crippen LogP contribution in [0, 0.1) is 0 Å². The van der Waals surface area contributed by atoms with Crippen LogP contribution in [0.25, 0.3) is 10.9 Å². The lowest BCUT2D eigenvalue weighted by Gasteiger charge is -2.32. The second kappa shape index (κ2) is 7.31. The molecule has 0 spiro atoms. The average Bonchev–Trinajstić information content (AvgIpc) is 3.40. The molecule has 1 saturated carbocycles. The normalized spacial score (nSPS) is 18.4. The van der Waals surface area contributed by atoms with E-state index in [0.717, 1.165) is 50.8 Å². The Morgan fingerprint density at radius 3 is 2.79 bits per heavy atom. The van der Waals surface area contributed by atoms with Gasteiger partial charge in [0, 0.05) is 37.3 Å². The van der Waals surface area contributed by atoms with Crippen molar-refractivity contribution in [2.45, 2.75) is 44.3 Å². The summed E-state index contributed by atoms with van der Waals surface area (Å²) < 4.78 is 1.88. The van der Waals surface area contributed by atoms with Crippen molar-refractivity contribution in [2.75, 3.05) is 13.1 Å². The lowest BCUT2D eigenvalue weighted by atomic mass is 10.0. The molecule has 3 aromatic rings. The number of rotatable bonds is 5. The second-order valence-electron chi connectivity index (χ2n) is 7.83. The number of carbonyl (C=O) groups excluding carboxylic acids is 1. The van der Waals surface area contributed by atoms with Gasteiger partial charge in [-0.05, 0) is 43.4 Å². The van der Waals surface area contributed by atoms with Crippen LogP contribution in [0.15, 0.2) is 42.7 Å². The number of hydrogen-bond donors (Lipinski definition) is 1. The first-order chi connectivity index (χ1) is 13.8. The minimum absolute atomic E-state index is 0.101. The number of aromatic nitrogens is 4. The fraction of sp³-hybridized carbons (Fsp3) is 0.429. The van der Waals surface area contributed by atoms with Gasteiger partial charge in [0.25, 0.3) is 5.91 Å². The van der Waals surface area contributed by atoms with Gasteiger partial charge in [-0.1, -0.05) is 23.4 Å². The van der Waals surface area contributed by atoms with Crippen molar-refractivity contribution in [1.29, 1.82) is 0 Å². The zero-order valence-corrected chi connectivity index (χ0v) is 15.8. The van der Waals surface area contributed by atoms with E-state index in [2.05, 4.69) is 49.8 Å². The smallest absolute Gasteiger partial charge is 0.273 e. The van der Waals surface area contributed by atoms with Crippen LogP contribution < -0.4 is 5.32 Å². The Labute approximate surface area is 163 Å². The largest absolute Gasteiger partial charge is 0.348 e. The lowest BCUT2D eigenvalue weighted by molar-refractivity contribution is 0.0946. The quantitative estimate of drug-likeness (QED) is 0.741. The van der Waals surface area contributed by atoms with Crippen LogP contribution in [-0.2, 0) is 6.54 Å². The number of pyridine rings is 1. The number of benzene rings is 1. The summed E-state index contributed by atoms with van der Waals surface area (Å²) in [5, 5.41) is 12.5. The Kier molecular flexibility index (Phi) is 4.52. The van der Waals surface area contributed by atoms with Gasteiger partial charge >= 0.3 is 0 Å². The molecule has 1 aliphatic carbocycles. The highest BCUT2D eigenvalue weighted by Gasteiger charge is 2.26. The van der Waals surface area contributed by atoms with Gasteiger partial charge in [-0.25, -0.2) is 4.68 Å². The highest BCUT2D eigenvalue weighted by atomic mass is 16.2. The molecule has 1 aliphatic heterocycles. The highest BCUT2D eigenvalue weighted by Crippen LogP contribution is 2.25. The molecule has 7 heteroatoms. The molecular formula is C21H24N6O. The van der Waals surface area contributed by atoms with Gasteiger partial charge in [0.1, 0.15) is 0 Å². The minimum atomic E-state index is -0.101. The molecular weight excluding hydrogens is 352 g/mol. The van der Waals surface area contributed by atoms with Crippen molar-refractivity contribution < 1.29 is 4.79 Å². The molecule has 28 heavy (non-hydrogen) atoms. The molecule has 0 bridgehead atoms. The summed E-state index contributed by atoms with van der Waals surface area (Å²) in [7, 11) is 0. The standard InChI is InChI=1S/C21H24N6O/c28-21(23-16-6-7-16)20-14-27(25-24-20)17-8-11-26(12-9-17)13-15-3-1-5-19-18(15)4-2-10-22-19/h1-5,10,14,16-17H,6-9,11-13H2,(H,23,28). The van der Waals surface area contributed by atoms with Gasteiger partial charge in [-0.15, -0.1) is 5.10 Å². The predicted molar refractivity (Wildman–Crippen MR) is 106 cm³/mol. The maximum absolute atomic E-state index is 12.1. The van der Waals surface area contributed by atoms with Crippen molar-refractivity contribution in [3.63, 3.8) is 0 Å². The molecule has 0 radical (unpaired) electrons. The van der Waals surface area contributed by atoms with Crippen LogP contribution >= 0.6 is 0 Å². The van der Waals surface area contributed by atoms with E-state index in [1.54, 1.807) is 6.20 Å². The monoisotopic (exact) mass is 376 g/mol. The van der Waals surface area contributed by atoms with Gasteiger partial charge in [-0.3, -0.25) is 14.7 Å². The third-order valence-electron chi connectivity index (χ3n) is 5.72. The summed E-state index contributed by atoms with van der Waals surface area (Å²) in [6, 6.07) is 11.1. The zero-order valence-electron chi connectivity index (χ0n) is 15.8. The molecule has 2 aliphatic rings. The van der Waals surface area contributed by atoms with Crippen molar-refractivity contribution in [2.24, 2.45) is 0 Å². The first kappa shape index (κ1) is 17.3. The number of nitrogens with one attached hydrogen (secondary N) is 1. The summed E-state index contributed by atoms with van der Waals surface area (Å²) in [4.78, 5) is 19.1. The molecule has 2 aromatic heterocycles. The van der Waals surface area contributed by atoms with Crippen molar-refractivity contribution >= 4 is 16.8 Å². The van der Waals surface area contributed by atoms with E-state index in [4.69, 9.17) is 0 Å². The third-order valence-corrected chi connectivity index (χ3v) is 5.72. The average molecular weight is 376 g/mol. The number of nitrogens with zero attached hydrogens (tertiary/aromatic N) is 5. The van der Waals surface area contributed by atoms with Crippen molar-refractivity contribution in [3.05, 3.63) is 54.0 Å². The summed E-state index contributed by atoms with van der Waals surface area (Å²) in [5.74, 6) is -0.101. The molecule has 5 rings (SSSR count). The molecule has 7 nitrogen and oxygen atoms in total. The second-order valence-corrected chi connectivity index (χ2v) is 7.83.